The summed E-state index contributed by atoms with van der Waals surface area (Å²) in [7, 11) is 0. The first kappa shape index (κ1) is 32.5. The van der Waals surface area contributed by atoms with Crippen LogP contribution in [-0.4, -0.2) is 19.1 Å². The van der Waals surface area contributed by atoms with E-state index in [1.807, 2.05) is 18.6 Å². The molecule has 0 unspecified atom stereocenters. The molecule has 0 aliphatic carbocycles. The standard InChI is InChI=1S/C53H35N5/c1-3-15-36(16-4-1)53(37-17-5-2-6-18-37)44-22-10-14-26-50(44)58(51-35-54-32-31-45(51)53)52-30-28-39(34-55-52)57-48-25-13-9-21-42(48)43-33-38(27-29-49(43)57)56-46-23-11-7-19-40(46)41-20-8-12-24-47(41)56/h1-35H. The first-order valence-electron chi connectivity index (χ1n) is 19.7. The molecule has 272 valence electrons. The van der Waals surface area contributed by atoms with Crippen molar-refractivity contribution in [3.63, 3.8) is 0 Å². The molecule has 11 aromatic rings. The second-order valence-corrected chi connectivity index (χ2v) is 15.0. The van der Waals surface area contributed by atoms with E-state index in [-0.39, 0.29) is 0 Å². The zero-order chi connectivity index (χ0) is 38.2. The van der Waals surface area contributed by atoms with Crippen molar-refractivity contribution in [2.75, 3.05) is 4.90 Å². The van der Waals surface area contributed by atoms with Gasteiger partial charge in [0, 0.05) is 33.4 Å². The predicted molar refractivity (Wildman–Crippen MR) is 237 cm³/mol. The Morgan fingerprint density at radius 2 is 0.897 bits per heavy atom. The highest BCUT2D eigenvalue weighted by Gasteiger charge is 2.46. The Hall–Kier alpha value is -7.76. The Bertz CT molecular complexity index is 3200. The molecule has 12 rings (SSSR count). The molecule has 1 aliphatic rings. The van der Waals surface area contributed by atoms with Crippen molar-refractivity contribution in [2.45, 2.75) is 5.41 Å². The molecule has 7 aromatic carbocycles. The van der Waals surface area contributed by atoms with Crippen LogP contribution in [-0.2, 0) is 5.41 Å². The van der Waals surface area contributed by atoms with Gasteiger partial charge < -0.3 is 9.13 Å². The Morgan fingerprint density at radius 1 is 0.379 bits per heavy atom. The lowest BCUT2D eigenvalue weighted by Gasteiger charge is -2.45. The van der Waals surface area contributed by atoms with Gasteiger partial charge in [0.25, 0.3) is 0 Å². The number of aromatic nitrogens is 4. The monoisotopic (exact) mass is 741 g/mol. The molecule has 0 spiro atoms. The average Bonchev–Trinajstić information content (AvgIpc) is 3.81. The van der Waals surface area contributed by atoms with Crippen molar-refractivity contribution in [3.05, 3.63) is 235 Å². The maximum absolute atomic E-state index is 5.26. The molecular weight excluding hydrogens is 707 g/mol. The van der Waals surface area contributed by atoms with Gasteiger partial charge in [-0.2, -0.15) is 0 Å². The van der Waals surface area contributed by atoms with Gasteiger partial charge in [-0.05, 0) is 82.9 Å². The summed E-state index contributed by atoms with van der Waals surface area (Å²) in [6.45, 7) is 0. The minimum absolute atomic E-state index is 0.561. The van der Waals surface area contributed by atoms with E-state index in [9.17, 15) is 0 Å². The number of hydrogen-bond donors (Lipinski definition) is 0. The molecule has 5 heterocycles. The molecule has 5 heteroatoms. The van der Waals surface area contributed by atoms with Crippen LogP contribution in [0.15, 0.2) is 213 Å². The number of benzene rings is 7. The molecule has 5 nitrogen and oxygen atoms in total. The van der Waals surface area contributed by atoms with Gasteiger partial charge >= 0.3 is 0 Å². The van der Waals surface area contributed by atoms with Gasteiger partial charge in [-0.15, -0.1) is 0 Å². The molecule has 0 amide bonds. The molecule has 1 aliphatic heterocycles. The zero-order valence-electron chi connectivity index (χ0n) is 31.4. The van der Waals surface area contributed by atoms with Crippen molar-refractivity contribution < 1.29 is 0 Å². The Kier molecular flexibility index (Phi) is 7.07. The van der Waals surface area contributed by atoms with Crippen LogP contribution >= 0.6 is 0 Å². The molecular formula is C53H35N5. The van der Waals surface area contributed by atoms with E-state index in [0.29, 0.717) is 0 Å². The van der Waals surface area contributed by atoms with Crippen molar-refractivity contribution in [1.29, 1.82) is 0 Å². The Morgan fingerprint density at radius 3 is 1.53 bits per heavy atom. The largest absolute Gasteiger partial charge is 0.309 e. The highest BCUT2D eigenvalue weighted by atomic mass is 15.2. The van der Waals surface area contributed by atoms with Crippen LogP contribution in [0.3, 0.4) is 0 Å². The normalized spacial score (nSPS) is 13.3. The first-order valence-corrected chi connectivity index (χ1v) is 19.7. The first-order chi connectivity index (χ1) is 28.8. The SMILES string of the molecule is c1ccc(C2(c3ccccc3)c3ccccc3N(c3ccc(-n4c5ccccc5c5cc(-n6c7ccccc7c7ccccc76)ccc54)cn3)c3cnccc32)cc1. The summed E-state index contributed by atoms with van der Waals surface area (Å²) in [5.74, 6) is 0.828. The molecule has 58 heavy (non-hydrogen) atoms. The summed E-state index contributed by atoms with van der Waals surface area (Å²) < 4.78 is 4.73. The maximum atomic E-state index is 5.26. The summed E-state index contributed by atoms with van der Waals surface area (Å²) >= 11 is 0. The third kappa shape index (κ3) is 4.53. The third-order valence-electron chi connectivity index (χ3n) is 12.1. The van der Waals surface area contributed by atoms with E-state index in [1.54, 1.807) is 0 Å². The van der Waals surface area contributed by atoms with E-state index in [4.69, 9.17) is 9.97 Å². The van der Waals surface area contributed by atoms with Crippen LogP contribution in [0.5, 0.6) is 0 Å². The van der Waals surface area contributed by atoms with Gasteiger partial charge in [0.05, 0.1) is 56.9 Å². The van der Waals surface area contributed by atoms with Gasteiger partial charge in [-0.25, -0.2) is 4.98 Å². The van der Waals surface area contributed by atoms with Gasteiger partial charge in [0.15, 0.2) is 0 Å². The van der Waals surface area contributed by atoms with Crippen molar-refractivity contribution in [3.8, 4) is 11.4 Å². The number of nitrogens with zero attached hydrogens (tertiary/aromatic N) is 5. The topological polar surface area (TPSA) is 38.9 Å². The van der Waals surface area contributed by atoms with Crippen LogP contribution in [0.1, 0.15) is 22.3 Å². The number of pyridine rings is 2. The molecule has 0 N–H and O–H groups in total. The molecule has 0 bridgehead atoms. The minimum Gasteiger partial charge on any atom is -0.309 e. The second-order valence-electron chi connectivity index (χ2n) is 15.0. The highest BCUT2D eigenvalue weighted by Crippen LogP contribution is 2.57. The third-order valence-corrected chi connectivity index (χ3v) is 12.1. The lowest BCUT2D eigenvalue weighted by atomic mass is 9.63. The van der Waals surface area contributed by atoms with Crippen molar-refractivity contribution >= 4 is 60.8 Å². The van der Waals surface area contributed by atoms with Gasteiger partial charge in [-0.1, -0.05) is 133 Å². The van der Waals surface area contributed by atoms with Crippen LogP contribution in [0, 0.1) is 0 Å². The molecule has 0 saturated heterocycles. The fourth-order valence-electron chi connectivity index (χ4n) is 9.78. The Balaban J connectivity index is 1.02. The zero-order valence-corrected chi connectivity index (χ0v) is 31.4. The summed E-state index contributed by atoms with van der Waals surface area (Å²) in [6, 6.07) is 69.9. The van der Waals surface area contributed by atoms with Crippen LogP contribution in [0.4, 0.5) is 17.2 Å². The highest BCUT2D eigenvalue weighted by molar-refractivity contribution is 6.12. The average molecular weight is 742 g/mol. The van der Waals surface area contributed by atoms with E-state index in [2.05, 4.69) is 208 Å². The number of rotatable bonds is 5. The van der Waals surface area contributed by atoms with E-state index < -0.39 is 5.41 Å². The minimum atomic E-state index is -0.561. The fraction of sp³-hybridized carbons (Fsp3) is 0.0189. The summed E-state index contributed by atoms with van der Waals surface area (Å²) in [6.07, 6.45) is 5.91. The number of hydrogen-bond acceptors (Lipinski definition) is 3. The molecule has 0 radical (unpaired) electrons. The molecule has 0 saturated carbocycles. The van der Waals surface area contributed by atoms with E-state index in [0.717, 1.165) is 45.2 Å². The Labute approximate surface area is 335 Å². The number of para-hydroxylation sites is 4. The van der Waals surface area contributed by atoms with Gasteiger partial charge in [-0.3, -0.25) is 9.88 Å². The summed E-state index contributed by atoms with van der Waals surface area (Å²) in [4.78, 5) is 12.2. The lowest BCUT2D eigenvalue weighted by Crippen LogP contribution is -2.38. The van der Waals surface area contributed by atoms with E-state index >= 15 is 0 Å². The second kappa shape index (κ2) is 12.6. The molecule has 4 aromatic heterocycles. The summed E-state index contributed by atoms with van der Waals surface area (Å²) in [5, 5.41) is 4.91. The van der Waals surface area contributed by atoms with Crippen molar-refractivity contribution in [2.24, 2.45) is 0 Å². The maximum Gasteiger partial charge on any atom is 0.137 e. The predicted octanol–water partition coefficient (Wildman–Crippen LogP) is 12.8. The number of anilines is 3. The summed E-state index contributed by atoms with van der Waals surface area (Å²) in [5.41, 5.74) is 13.1. The number of fused-ring (bicyclic) bond motifs is 8. The quantitative estimate of drug-likeness (QED) is 0.176. The fourth-order valence-corrected chi connectivity index (χ4v) is 9.78. The van der Waals surface area contributed by atoms with Crippen molar-refractivity contribution in [1.82, 2.24) is 19.1 Å². The van der Waals surface area contributed by atoms with E-state index in [1.165, 1.54) is 49.3 Å². The van der Waals surface area contributed by atoms with Crippen LogP contribution in [0.25, 0.3) is 55.0 Å². The molecule has 0 atom stereocenters. The lowest BCUT2D eigenvalue weighted by molar-refractivity contribution is 0.728. The van der Waals surface area contributed by atoms with Gasteiger partial charge in [0.2, 0.25) is 0 Å². The molecule has 0 fully saturated rings. The smallest absolute Gasteiger partial charge is 0.137 e. The van der Waals surface area contributed by atoms with Crippen LogP contribution in [0.2, 0.25) is 0 Å². The van der Waals surface area contributed by atoms with Crippen LogP contribution < -0.4 is 4.90 Å². The van der Waals surface area contributed by atoms with Gasteiger partial charge in [0.1, 0.15) is 5.82 Å².